The number of anilines is 1. The van der Waals surface area contributed by atoms with E-state index in [1.54, 1.807) is 24.3 Å². The summed E-state index contributed by atoms with van der Waals surface area (Å²) >= 11 is 6.93. The van der Waals surface area contributed by atoms with E-state index in [1.807, 2.05) is 30.3 Å². The molecule has 1 unspecified atom stereocenters. The summed E-state index contributed by atoms with van der Waals surface area (Å²) < 4.78 is 0. The van der Waals surface area contributed by atoms with E-state index in [9.17, 15) is 9.59 Å². The molecule has 0 aliphatic carbocycles. The van der Waals surface area contributed by atoms with E-state index >= 15 is 0 Å². The van der Waals surface area contributed by atoms with Gasteiger partial charge in [-0.1, -0.05) is 53.7 Å². The Balaban J connectivity index is 1.79. The van der Waals surface area contributed by atoms with Crippen molar-refractivity contribution in [1.29, 1.82) is 0 Å². The highest BCUT2D eigenvalue weighted by molar-refractivity contribution is 8.15. The molecule has 1 aliphatic rings. The topological polar surface area (TPSA) is 37.4 Å². The van der Waals surface area contributed by atoms with Crippen LogP contribution in [0, 0.1) is 0 Å². The Kier molecular flexibility index (Phi) is 3.99. The minimum absolute atomic E-state index is 0.161. The minimum atomic E-state index is -0.376. The van der Waals surface area contributed by atoms with Crippen molar-refractivity contribution >= 4 is 40.2 Å². The van der Waals surface area contributed by atoms with Crippen LogP contribution in [0.4, 0.5) is 10.5 Å². The van der Waals surface area contributed by atoms with Gasteiger partial charge in [0.15, 0.2) is 0 Å². The largest absolute Gasteiger partial charge is 0.293 e. The number of imide groups is 1. The van der Waals surface area contributed by atoms with Crippen LogP contribution >= 0.6 is 23.4 Å². The second-order valence-electron chi connectivity index (χ2n) is 4.71. The predicted octanol–water partition coefficient (Wildman–Crippen LogP) is 4.15. The summed E-state index contributed by atoms with van der Waals surface area (Å²) in [5, 5.41) is 0.0650. The van der Waals surface area contributed by atoms with Crippen LogP contribution < -0.4 is 4.90 Å². The summed E-state index contributed by atoms with van der Waals surface area (Å²) in [7, 11) is 0. The van der Waals surface area contributed by atoms with Crippen LogP contribution in [0.25, 0.3) is 0 Å². The molecule has 106 valence electrons. The Morgan fingerprint density at radius 1 is 1.00 bits per heavy atom. The summed E-state index contributed by atoms with van der Waals surface area (Å²) in [5.74, 6) is -0.161. The molecule has 2 aromatic rings. The molecule has 5 heteroatoms. The number of nitrogens with zero attached hydrogens (tertiary/aromatic N) is 1. The third kappa shape index (κ3) is 2.96. The maximum atomic E-state index is 12.4. The average Bonchev–Trinajstić information content (AvgIpc) is 2.77. The zero-order valence-corrected chi connectivity index (χ0v) is 12.6. The van der Waals surface area contributed by atoms with Crippen LogP contribution in [0.15, 0.2) is 54.6 Å². The molecule has 0 radical (unpaired) electrons. The fraction of sp³-hybridized carbons (Fsp3) is 0.125. The highest BCUT2D eigenvalue weighted by atomic mass is 35.5. The second-order valence-corrected chi connectivity index (χ2v) is 6.30. The highest BCUT2D eigenvalue weighted by Crippen LogP contribution is 2.33. The van der Waals surface area contributed by atoms with Crippen molar-refractivity contribution in [3.8, 4) is 0 Å². The first-order valence-corrected chi connectivity index (χ1v) is 7.75. The highest BCUT2D eigenvalue weighted by Gasteiger charge is 2.40. The Labute approximate surface area is 131 Å². The first-order chi connectivity index (χ1) is 10.1. The van der Waals surface area contributed by atoms with Crippen LogP contribution in [0.2, 0.25) is 5.02 Å². The zero-order chi connectivity index (χ0) is 14.8. The number of halogens is 1. The molecule has 1 saturated heterocycles. The lowest BCUT2D eigenvalue weighted by Crippen LogP contribution is -2.32. The third-order valence-corrected chi connectivity index (χ3v) is 4.56. The van der Waals surface area contributed by atoms with Crippen molar-refractivity contribution in [2.24, 2.45) is 0 Å². The van der Waals surface area contributed by atoms with Gasteiger partial charge in [-0.05, 0) is 36.2 Å². The molecule has 1 aliphatic heterocycles. The van der Waals surface area contributed by atoms with Crippen molar-refractivity contribution < 1.29 is 9.59 Å². The molecule has 1 fully saturated rings. The molecule has 0 aromatic heterocycles. The number of para-hydroxylation sites is 1. The molecule has 2 aromatic carbocycles. The molecular weight excluding hydrogens is 306 g/mol. The van der Waals surface area contributed by atoms with Crippen molar-refractivity contribution in [1.82, 2.24) is 0 Å². The van der Waals surface area contributed by atoms with Gasteiger partial charge in [0.25, 0.3) is 5.24 Å². The summed E-state index contributed by atoms with van der Waals surface area (Å²) in [6.07, 6.45) is 0.524. The first-order valence-electron chi connectivity index (χ1n) is 6.49. The number of rotatable bonds is 3. The third-order valence-electron chi connectivity index (χ3n) is 3.27. The maximum Gasteiger partial charge on any atom is 0.293 e. The normalized spacial score (nSPS) is 18.3. The monoisotopic (exact) mass is 317 g/mol. The lowest BCUT2D eigenvalue weighted by atomic mass is 10.1. The molecule has 21 heavy (non-hydrogen) atoms. The van der Waals surface area contributed by atoms with Crippen LogP contribution in [0.5, 0.6) is 0 Å². The first kappa shape index (κ1) is 14.2. The van der Waals surface area contributed by atoms with Crippen molar-refractivity contribution in [2.45, 2.75) is 11.7 Å². The van der Waals surface area contributed by atoms with E-state index in [0.29, 0.717) is 17.1 Å². The van der Waals surface area contributed by atoms with E-state index in [4.69, 9.17) is 11.6 Å². The summed E-state index contributed by atoms with van der Waals surface area (Å²) in [6.45, 7) is 0. The molecule has 0 saturated carbocycles. The van der Waals surface area contributed by atoms with Gasteiger partial charge in [-0.3, -0.25) is 9.59 Å². The van der Waals surface area contributed by atoms with Crippen LogP contribution in [0.1, 0.15) is 5.56 Å². The van der Waals surface area contributed by atoms with Gasteiger partial charge in [0.1, 0.15) is 0 Å². The fourth-order valence-corrected chi connectivity index (χ4v) is 3.38. The van der Waals surface area contributed by atoms with Gasteiger partial charge in [-0.25, -0.2) is 4.90 Å². The smallest absolute Gasteiger partial charge is 0.273 e. The van der Waals surface area contributed by atoms with Gasteiger partial charge in [0.05, 0.1) is 10.9 Å². The lowest BCUT2D eigenvalue weighted by Gasteiger charge is -2.13. The Morgan fingerprint density at radius 3 is 2.33 bits per heavy atom. The maximum absolute atomic E-state index is 12.4. The van der Waals surface area contributed by atoms with Crippen LogP contribution in [-0.2, 0) is 11.2 Å². The van der Waals surface area contributed by atoms with Gasteiger partial charge in [0.2, 0.25) is 5.91 Å². The SMILES string of the molecule is O=C1SC(Cc2ccc(Cl)cc2)C(=O)N1c1ccccc1. The molecule has 3 rings (SSSR count). The summed E-state index contributed by atoms with van der Waals surface area (Å²) in [5.41, 5.74) is 1.62. The number of carbonyl (C=O) groups is 2. The molecular formula is C16H12ClNO2S. The van der Waals surface area contributed by atoms with E-state index in [1.165, 1.54) is 4.90 Å². The molecule has 0 bridgehead atoms. The standard InChI is InChI=1S/C16H12ClNO2S/c17-12-8-6-11(7-9-12)10-14-15(19)18(16(20)21-14)13-4-2-1-3-5-13/h1-9,14H,10H2. The van der Waals surface area contributed by atoms with Gasteiger partial charge >= 0.3 is 0 Å². The Bertz CT molecular complexity index is 672. The number of benzene rings is 2. The van der Waals surface area contributed by atoms with E-state index in [-0.39, 0.29) is 16.4 Å². The van der Waals surface area contributed by atoms with Gasteiger partial charge in [-0.2, -0.15) is 0 Å². The molecule has 2 amide bonds. The van der Waals surface area contributed by atoms with Crippen molar-refractivity contribution in [3.63, 3.8) is 0 Å². The quantitative estimate of drug-likeness (QED) is 0.853. The fourth-order valence-electron chi connectivity index (χ4n) is 2.23. The van der Waals surface area contributed by atoms with E-state index in [0.717, 1.165) is 17.3 Å². The van der Waals surface area contributed by atoms with Crippen molar-refractivity contribution in [3.05, 3.63) is 65.2 Å². The van der Waals surface area contributed by atoms with Crippen LogP contribution in [-0.4, -0.2) is 16.4 Å². The predicted molar refractivity (Wildman–Crippen MR) is 85.9 cm³/mol. The number of hydrogen-bond acceptors (Lipinski definition) is 3. The summed E-state index contributed by atoms with van der Waals surface area (Å²) in [6, 6.07) is 16.3. The van der Waals surface area contributed by atoms with Gasteiger partial charge in [0, 0.05) is 5.02 Å². The molecule has 1 heterocycles. The number of thioether (sulfide) groups is 1. The van der Waals surface area contributed by atoms with E-state index < -0.39 is 0 Å². The summed E-state index contributed by atoms with van der Waals surface area (Å²) in [4.78, 5) is 25.8. The van der Waals surface area contributed by atoms with Gasteiger partial charge in [-0.15, -0.1) is 0 Å². The van der Waals surface area contributed by atoms with E-state index in [2.05, 4.69) is 0 Å². The Morgan fingerprint density at radius 2 is 1.67 bits per heavy atom. The van der Waals surface area contributed by atoms with Gasteiger partial charge < -0.3 is 0 Å². The van der Waals surface area contributed by atoms with Crippen molar-refractivity contribution in [2.75, 3.05) is 4.90 Å². The Hall–Kier alpha value is -1.78. The molecule has 3 nitrogen and oxygen atoms in total. The lowest BCUT2D eigenvalue weighted by molar-refractivity contribution is -0.117. The molecule has 0 N–H and O–H groups in total. The average molecular weight is 318 g/mol. The number of amides is 2. The van der Waals surface area contributed by atoms with Crippen LogP contribution in [0.3, 0.4) is 0 Å². The zero-order valence-electron chi connectivity index (χ0n) is 11.0. The second kappa shape index (κ2) is 5.92. The number of hydrogen-bond donors (Lipinski definition) is 0. The molecule has 1 atom stereocenters. The molecule has 0 spiro atoms. The minimum Gasteiger partial charge on any atom is -0.273 e. The number of carbonyl (C=O) groups excluding carboxylic acids is 2.